The third-order valence-corrected chi connectivity index (χ3v) is 6.59. The Morgan fingerprint density at radius 2 is 1.14 bits per heavy atom. The SMILES string of the molecule is CCCCCCCCCCCCCCCc1ccc2cc(S(=O)(=O)O)ccc2c1. The molecule has 29 heavy (non-hydrogen) atoms. The predicted octanol–water partition coefficient (Wildman–Crippen LogP) is 7.72. The highest BCUT2D eigenvalue weighted by atomic mass is 32.2. The third kappa shape index (κ3) is 9.31. The summed E-state index contributed by atoms with van der Waals surface area (Å²) in [6, 6.07) is 10.9. The Kier molecular flexibility index (Phi) is 10.7. The summed E-state index contributed by atoms with van der Waals surface area (Å²) in [5.74, 6) is 0. The van der Waals surface area contributed by atoms with E-state index in [0.717, 1.165) is 17.2 Å². The van der Waals surface area contributed by atoms with Crippen molar-refractivity contribution in [2.75, 3.05) is 0 Å². The molecule has 0 fully saturated rings. The van der Waals surface area contributed by atoms with Crippen LogP contribution in [0.5, 0.6) is 0 Å². The van der Waals surface area contributed by atoms with Gasteiger partial charge in [0.05, 0.1) is 4.90 Å². The van der Waals surface area contributed by atoms with E-state index in [0.29, 0.717) is 0 Å². The molecule has 1 N–H and O–H groups in total. The van der Waals surface area contributed by atoms with Crippen molar-refractivity contribution in [2.24, 2.45) is 0 Å². The standard InChI is InChI=1S/C25H38O3S/c1-2-3-4-5-6-7-8-9-10-11-12-13-14-15-22-16-17-24-21-25(29(26,27)28)19-18-23(24)20-22/h16-21H,2-15H2,1H3,(H,26,27,28). The van der Waals surface area contributed by atoms with Gasteiger partial charge in [0.15, 0.2) is 0 Å². The van der Waals surface area contributed by atoms with E-state index in [-0.39, 0.29) is 4.90 Å². The van der Waals surface area contributed by atoms with Gasteiger partial charge in [-0.15, -0.1) is 0 Å². The van der Waals surface area contributed by atoms with E-state index < -0.39 is 10.1 Å². The minimum absolute atomic E-state index is 0.0470. The summed E-state index contributed by atoms with van der Waals surface area (Å²) < 4.78 is 31.7. The Balaban J connectivity index is 1.57. The lowest BCUT2D eigenvalue weighted by molar-refractivity contribution is 0.483. The van der Waals surface area contributed by atoms with Crippen LogP contribution in [0, 0.1) is 0 Å². The van der Waals surface area contributed by atoms with Gasteiger partial charge in [0.2, 0.25) is 0 Å². The molecule has 0 saturated carbocycles. The predicted molar refractivity (Wildman–Crippen MR) is 123 cm³/mol. The molecule has 0 unspecified atom stereocenters. The summed E-state index contributed by atoms with van der Waals surface area (Å²) in [6.45, 7) is 2.27. The smallest absolute Gasteiger partial charge is 0.282 e. The molecule has 0 spiro atoms. The molecule has 0 saturated heterocycles. The van der Waals surface area contributed by atoms with E-state index in [1.165, 1.54) is 101 Å². The summed E-state index contributed by atoms with van der Waals surface area (Å²) in [5, 5.41) is 1.86. The maximum absolute atomic E-state index is 11.2. The number of rotatable bonds is 15. The third-order valence-electron chi connectivity index (χ3n) is 5.74. The Morgan fingerprint density at radius 1 is 0.655 bits per heavy atom. The molecule has 0 aliphatic carbocycles. The van der Waals surface area contributed by atoms with Crippen molar-refractivity contribution in [3.8, 4) is 0 Å². The van der Waals surface area contributed by atoms with Crippen LogP contribution in [0.2, 0.25) is 0 Å². The van der Waals surface area contributed by atoms with E-state index >= 15 is 0 Å². The molecule has 0 aromatic heterocycles. The Morgan fingerprint density at radius 3 is 1.69 bits per heavy atom. The zero-order valence-electron chi connectivity index (χ0n) is 18.0. The van der Waals surface area contributed by atoms with Crippen LogP contribution >= 0.6 is 0 Å². The van der Waals surface area contributed by atoms with Gasteiger partial charge in [0.1, 0.15) is 0 Å². The van der Waals surface area contributed by atoms with Gasteiger partial charge in [-0.05, 0) is 41.3 Å². The molecule has 0 aliphatic heterocycles. The first kappa shape index (κ1) is 23.9. The molecule has 4 heteroatoms. The molecule has 0 amide bonds. The van der Waals surface area contributed by atoms with Gasteiger partial charge in [-0.3, -0.25) is 4.55 Å². The molecular formula is C25H38O3S. The summed E-state index contributed by atoms with van der Waals surface area (Å²) >= 11 is 0. The summed E-state index contributed by atoms with van der Waals surface area (Å²) in [6.07, 6.45) is 18.8. The lowest BCUT2D eigenvalue weighted by atomic mass is 10.0. The van der Waals surface area contributed by atoms with Crippen molar-refractivity contribution in [1.29, 1.82) is 0 Å². The summed E-state index contributed by atoms with van der Waals surface area (Å²) in [7, 11) is -4.14. The van der Waals surface area contributed by atoms with Crippen LogP contribution in [0.4, 0.5) is 0 Å². The van der Waals surface area contributed by atoms with Crippen LogP contribution in [0.15, 0.2) is 41.3 Å². The fraction of sp³-hybridized carbons (Fsp3) is 0.600. The van der Waals surface area contributed by atoms with Crippen molar-refractivity contribution in [3.05, 3.63) is 42.0 Å². The van der Waals surface area contributed by atoms with Crippen molar-refractivity contribution < 1.29 is 13.0 Å². The van der Waals surface area contributed by atoms with Gasteiger partial charge >= 0.3 is 0 Å². The number of fused-ring (bicyclic) bond motifs is 1. The monoisotopic (exact) mass is 418 g/mol. The van der Waals surface area contributed by atoms with Gasteiger partial charge in [-0.1, -0.05) is 108 Å². The normalized spacial score (nSPS) is 11.9. The maximum Gasteiger partial charge on any atom is 0.294 e. The van der Waals surface area contributed by atoms with E-state index in [9.17, 15) is 8.42 Å². The molecule has 0 bridgehead atoms. The molecule has 0 aliphatic rings. The molecule has 3 nitrogen and oxygen atoms in total. The van der Waals surface area contributed by atoms with E-state index in [1.807, 2.05) is 6.07 Å². The molecule has 0 atom stereocenters. The quantitative estimate of drug-likeness (QED) is 0.238. The van der Waals surface area contributed by atoms with Crippen LogP contribution in [-0.4, -0.2) is 13.0 Å². The summed E-state index contributed by atoms with van der Waals surface area (Å²) in [4.78, 5) is -0.0470. The van der Waals surface area contributed by atoms with Crippen LogP contribution in [0.1, 0.15) is 96.0 Å². The number of hydrogen-bond acceptors (Lipinski definition) is 2. The zero-order valence-corrected chi connectivity index (χ0v) is 18.9. The topological polar surface area (TPSA) is 54.4 Å². The number of aryl methyl sites for hydroxylation is 1. The molecule has 0 radical (unpaired) electrons. The molecular weight excluding hydrogens is 380 g/mol. The minimum atomic E-state index is -4.14. The lowest BCUT2D eigenvalue weighted by Crippen LogP contribution is -1.97. The van der Waals surface area contributed by atoms with E-state index in [2.05, 4.69) is 19.1 Å². The van der Waals surface area contributed by atoms with Crippen molar-refractivity contribution in [2.45, 2.75) is 102 Å². The van der Waals surface area contributed by atoms with Gasteiger partial charge in [-0.25, -0.2) is 0 Å². The zero-order chi connectivity index (χ0) is 21.0. The highest BCUT2D eigenvalue weighted by Crippen LogP contribution is 2.22. The van der Waals surface area contributed by atoms with Crippen LogP contribution in [-0.2, 0) is 16.5 Å². The molecule has 0 heterocycles. The summed E-state index contributed by atoms with van der Waals surface area (Å²) in [5.41, 5.74) is 1.29. The average Bonchev–Trinajstić information content (AvgIpc) is 2.70. The molecule has 162 valence electrons. The van der Waals surface area contributed by atoms with Crippen molar-refractivity contribution in [1.82, 2.24) is 0 Å². The number of hydrogen-bond donors (Lipinski definition) is 1. The van der Waals surface area contributed by atoms with E-state index in [1.54, 1.807) is 6.07 Å². The van der Waals surface area contributed by atoms with Crippen molar-refractivity contribution >= 4 is 20.9 Å². The Hall–Kier alpha value is -1.39. The maximum atomic E-state index is 11.2. The minimum Gasteiger partial charge on any atom is -0.282 e. The van der Waals surface area contributed by atoms with Gasteiger partial charge < -0.3 is 0 Å². The second-order valence-corrected chi connectivity index (χ2v) is 9.73. The van der Waals surface area contributed by atoms with Crippen LogP contribution in [0.25, 0.3) is 10.8 Å². The Bertz CT molecular complexity index is 827. The second-order valence-electron chi connectivity index (χ2n) is 8.31. The van der Waals surface area contributed by atoms with Gasteiger partial charge in [0.25, 0.3) is 10.1 Å². The fourth-order valence-electron chi connectivity index (χ4n) is 3.94. The fourth-order valence-corrected chi connectivity index (χ4v) is 4.45. The second kappa shape index (κ2) is 13.0. The van der Waals surface area contributed by atoms with E-state index in [4.69, 9.17) is 4.55 Å². The highest BCUT2D eigenvalue weighted by Gasteiger charge is 2.09. The number of unbranched alkanes of at least 4 members (excludes halogenated alkanes) is 12. The Labute approximate surface area is 177 Å². The first-order valence-corrected chi connectivity index (χ1v) is 12.9. The molecule has 2 rings (SSSR count). The van der Waals surface area contributed by atoms with Gasteiger partial charge in [-0.2, -0.15) is 8.42 Å². The highest BCUT2D eigenvalue weighted by molar-refractivity contribution is 7.85. The number of benzene rings is 2. The average molecular weight is 419 g/mol. The first-order chi connectivity index (χ1) is 14.0. The van der Waals surface area contributed by atoms with Crippen LogP contribution < -0.4 is 0 Å². The van der Waals surface area contributed by atoms with Crippen LogP contribution in [0.3, 0.4) is 0 Å². The largest absolute Gasteiger partial charge is 0.294 e. The molecule has 2 aromatic carbocycles. The molecule has 2 aromatic rings. The van der Waals surface area contributed by atoms with Gasteiger partial charge in [0, 0.05) is 0 Å². The first-order valence-electron chi connectivity index (χ1n) is 11.5. The lowest BCUT2D eigenvalue weighted by Gasteiger charge is -2.06. The van der Waals surface area contributed by atoms with Crippen molar-refractivity contribution in [3.63, 3.8) is 0 Å².